The van der Waals surface area contributed by atoms with Gasteiger partial charge in [-0.1, -0.05) is 218 Å². The smallest absolute Gasteiger partial charge is 0.116 e. The average molecular weight is 1020 g/mol. The molecular weight excluding hydrogens is 982 g/mol. The SMILES string of the molecule is BrCc1ccc(Br)cc1.Brc1ccc(C[P+](c2ccccc2)(c2ccccc2)c2ccccc2)cc1.[Br-].c1ccc(P(c2ccccc2)c2ccccc2)cc1. The minimum Gasteiger partial charge on any atom is -1.00 e. The molecule has 0 amide bonds. The van der Waals surface area contributed by atoms with Gasteiger partial charge in [-0.2, -0.15) is 0 Å². The van der Waals surface area contributed by atoms with E-state index >= 15 is 0 Å². The lowest BCUT2D eigenvalue weighted by molar-refractivity contribution is -0.0000102. The van der Waals surface area contributed by atoms with E-state index in [9.17, 15) is 0 Å². The Hall–Kier alpha value is -3.46. The van der Waals surface area contributed by atoms with Crippen molar-refractivity contribution >= 4 is 94.8 Å². The van der Waals surface area contributed by atoms with Crippen molar-refractivity contribution < 1.29 is 17.0 Å². The molecule has 6 heteroatoms. The summed E-state index contributed by atoms with van der Waals surface area (Å²) in [6, 6.07) is 82.4. The van der Waals surface area contributed by atoms with Crippen molar-refractivity contribution in [1.82, 2.24) is 0 Å². The molecule has 0 aliphatic carbocycles. The molecule has 0 bridgehead atoms. The molecule has 0 saturated heterocycles. The van der Waals surface area contributed by atoms with Crippen LogP contribution in [0.5, 0.6) is 0 Å². The van der Waals surface area contributed by atoms with Gasteiger partial charge in [0.25, 0.3) is 0 Å². The zero-order chi connectivity index (χ0) is 38.1. The lowest BCUT2D eigenvalue weighted by Crippen LogP contribution is -3.00. The number of hydrogen-bond donors (Lipinski definition) is 0. The third-order valence-corrected chi connectivity index (χ3v) is 17.6. The first-order valence-electron chi connectivity index (χ1n) is 18.1. The van der Waals surface area contributed by atoms with Crippen LogP contribution < -0.4 is 48.8 Å². The van der Waals surface area contributed by atoms with E-state index in [0.717, 1.165) is 20.4 Å². The highest BCUT2D eigenvalue weighted by Gasteiger charge is 2.45. The van der Waals surface area contributed by atoms with Crippen molar-refractivity contribution in [3.63, 3.8) is 0 Å². The predicted octanol–water partition coefficient (Wildman–Crippen LogP) is 9.74. The number of hydrogen-bond acceptors (Lipinski definition) is 0. The molecule has 0 heterocycles. The molecule has 0 N–H and O–H groups in total. The van der Waals surface area contributed by atoms with Crippen LogP contribution in [-0.2, 0) is 11.5 Å². The highest BCUT2D eigenvalue weighted by atomic mass is 79.9. The number of halogens is 4. The topological polar surface area (TPSA) is 0 Å². The standard InChI is InChI=1S/C25H21BrP.C18H15P.C7H6Br2.BrH/c26-22-18-16-21(17-19-22)20-27(23-10-4-1-5-11-23,24-12-6-2-7-13-24)25-14-8-3-9-15-25;1-4-10-16(11-5-1)19(17-12-6-2-7-13-17)18-14-8-3-9-15-18;8-5-6-1-3-7(9)4-2-6;/h1-19H,20H2;1-15H;1-4H,5H2;1H/q+1;;;/p-1. The Bertz CT molecular complexity index is 2070. The van der Waals surface area contributed by atoms with E-state index in [1.54, 1.807) is 0 Å². The number of alkyl halides is 1. The van der Waals surface area contributed by atoms with Gasteiger partial charge in [0.05, 0.1) is 6.16 Å². The second-order valence-corrected chi connectivity index (χ2v) is 20.8. The molecule has 8 rings (SSSR count). The van der Waals surface area contributed by atoms with Crippen LogP contribution in [0.3, 0.4) is 0 Å². The van der Waals surface area contributed by atoms with Crippen molar-refractivity contribution in [1.29, 1.82) is 0 Å². The summed E-state index contributed by atoms with van der Waals surface area (Å²) in [5.41, 5.74) is 2.67. The summed E-state index contributed by atoms with van der Waals surface area (Å²) in [6.07, 6.45) is 1.01. The second kappa shape index (κ2) is 23.1. The maximum Gasteiger partial charge on any atom is 0.116 e. The van der Waals surface area contributed by atoms with Crippen LogP contribution in [0.4, 0.5) is 0 Å². The minimum atomic E-state index is -1.81. The lowest BCUT2D eigenvalue weighted by Gasteiger charge is -2.27. The Kier molecular flexibility index (Phi) is 18.0. The predicted molar refractivity (Wildman–Crippen MR) is 255 cm³/mol. The fourth-order valence-corrected chi connectivity index (χ4v) is 13.8. The van der Waals surface area contributed by atoms with Crippen LogP contribution in [0.25, 0.3) is 0 Å². The van der Waals surface area contributed by atoms with Crippen LogP contribution in [0.2, 0.25) is 0 Å². The van der Waals surface area contributed by atoms with Gasteiger partial charge in [-0.25, -0.2) is 0 Å². The number of rotatable bonds is 9. The van der Waals surface area contributed by atoms with Gasteiger partial charge in [-0.15, -0.1) is 0 Å². The Morgan fingerprint density at radius 3 is 0.893 bits per heavy atom. The fraction of sp³-hybridized carbons (Fsp3) is 0.0400. The monoisotopic (exact) mass is 1020 g/mol. The first-order chi connectivity index (χ1) is 27.1. The highest BCUT2D eigenvalue weighted by Crippen LogP contribution is 2.58. The zero-order valence-corrected chi connectivity index (χ0v) is 38.9. The molecule has 0 unspecified atom stereocenters. The van der Waals surface area contributed by atoms with Gasteiger partial charge in [0, 0.05) is 14.3 Å². The van der Waals surface area contributed by atoms with Crippen molar-refractivity contribution in [3.05, 3.63) is 251 Å². The van der Waals surface area contributed by atoms with E-state index in [1.165, 1.54) is 43.0 Å². The van der Waals surface area contributed by atoms with Gasteiger partial charge in [-0.3, -0.25) is 0 Å². The van der Waals surface area contributed by atoms with Gasteiger partial charge >= 0.3 is 0 Å². The van der Waals surface area contributed by atoms with E-state index in [1.807, 2.05) is 12.1 Å². The van der Waals surface area contributed by atoms with E-state index in [2.05, 4.69) is 266 Å². The molecule has 8 aromatic rings. The van der Waals surface area contributed by atoms with Crippen LogP contribution in [-0.4, -0.2) is 0 Å². The Morgan fingerprint density at radius 2 is 0.607 bits per heavy atom. The van der Waals surface area contributed by atoms with Crippen LogP contribution in [0.1, 0.15) is 11.1 Å². The molecule has 0 spiro atoms. The lowest BCUT2D eigenvalue weighted by atomic mass is 10.2. The summed E-state index contributed by atoms with van der Waals surface area (Å²) in [5.74, 6) is 0. The molecular formula is C50H42Br4P2. The summed E-state index contributed by atoms with van der Waals surface area (Å²) in [6.45, 7) is 0. The van der Waals surface area contributed by atoms with Crippen LogP contribution in [0, 0.1) is 0 Å². The summed E-state index contributed by atoms with van der Waals surface area (Å²) >= 11 is 10.3. The fourth-order valence-electron chi connectivity index (χ4n) is 6.38. The van der Waals surface area contributed by atoms with Crippen molar-refractivity contribution in [3.8, 4) is 0 Å². The molecule has 56 heavy (non-hydrogen) atoms. The molecule has 0 saturated carbocycles. The van der Waals surface area contributed by atoms with Gasteiger partial charge in [0.15, 0.2) is 0 Å². The van der Waals surface area contributed by atoms with Crippen LogP contribution >= 0.6 is 63.0 Å². The first kappa shape index (κ1) is 43.7. The van der Waals surface area contributed by atoms with E-state index < -0.39 is 15.2 Å². The van der Waals surface area contributed by atoms with Gasteiger partial charge in [0.2, 0.25) is 0 Å². The van der Waals surface area contributed by atoms with E-state index in [0.29, 0.717) is 0 Å². The molecule has 0 radical (unpaired) electrons. The van der Waals surface area contributed by atoms with Gasteiger partial charge in [0.1, 0.15) is 23.2 Å². The molecule has 0 aromatic heterocycles. The molecule has 0 atom stereocenters. The summed E-state index contributed by atoms with van der Waals surface area (Å²) in [7, 11) is -2.25. The van der Waals surface area contributed by atoms with Crippen LogP contribution in [0.15, 0.2) is 239 Å². The average Bonchev–Trinajstić information content (AvgIpc) is 3.26. The normalized spacial score (nSPS) is 10.6. The molecule has 0 nitrogen and oxygen atoms in total. The zero-order valence-electron chi connectivity index (χ0n) is 30.8. The van der Waals surface area contributed by atoms with E-state index in [4.69, 9.17) is 0 Å². The summed E-state index contributed by atoms with van der Waals surface area (Å²) in [4.78, 5) is 0. The Balaban J connectivity index is 0.000000179. The third-order valence-electron chi connectivity index (χ3n) is 9.03. The first-order valence-corrected chi connectivity index (χ1v) is 24.1. The maximum atomic E-state index is 3.57. The summed E-state index contributed by atoms with van der Waals surface area (Å²) in [5, 5.41) is 9.39. The van der Waals surface area contributed by atoms with Crippen molar-refractivity contribution in [2.45, 2.75) is 11.5 Å². The van der Waals surface area contributed by atoms with Gasteiger partial charge in [-0.05, 0) is 95.6 Å². The van der Waals surface area contributed by atoms with Crippen molar-refractivity contribution in [2.24, 2.45) is 0 Å². The molecule has 8 aromatic carbocycles. The quantitative estimate of drug-likeness (QED) is 0.0999. The van der Waals surface area contributed by atoms with Crippen molar-refractivity contribution in [2.75, 3.05) is 0 Å². The maximum absolute atomic E-state index is 3.57. The highest BCUT2D eigenvalue weighted by molar-refractivity contribution is 9.10. The Morgan fingerprint density at radius 1 is 0.339 bits per heavy atom. The third kappa shape index (κ3) is 12.0. The summed E-state index contributed by atoms with van der Waals surface area (Å²) < 4.78 is 2.25. The number of benzene rings is 8. The molecule has 280 valence electrons. The Labute approximate surface area is 370 Å². The molecule has 0 aliphatic rings. The molecule has 0 aliphatic heterocycles. The minimum absolute atomic E-state index is 0. The largest absolute Gasteiger partial charge is 1.00 e. The molecule has 0 fully saturated rings. The second-order valence-electron chi connectivity index (χ2n) is 12.7. The van der Waals surface area contributed by atoms with E-state index in [-0.39, 0.29) is 17.0 Å². The van der Waals surface area contributed by atoms with Gasteiger partial charge < -0.3 is 17.0 Å².